The Kier molecular flexibility index (Phi) is 4.60. The Morgan fingerprint density at radius 3 is 2.38 bits per heavy atom. The van der Waals surface area contributed by atoms with E-state index in [-0.39, 0.29) is 12.4 Å². The van der Waals surface area contributed by atoms with Gasteiger partial charge in [-0.25, -0.2) is 0 Å². The van der Waals surface area contributed by atoms with Crippen molar-refractivity contribution in [2.45, 2.75) is 38.5 Å². The third-order valence-electron chi connectivity index (χ3n) is 6.18. The number of carbonyl (C=O) groups excluding carboxylic acids is 1. The molecule has 4 saturated carbocycles. The van der Waals surface area contributed by atoms with Crippen molar-refractivity contribution in [3.8, 4) is 0 Å². The first-order valence-corrected chi connectivity index (χ1v) is 8.46. The first-order valence-electron chi connectivity index (χ1n) is 8.46. The highest BCUT2D eigenvalue weighted by atomic mass is 35.5. The first-order chi connectivity index (χ1) is 9.79. The van der Waals surface area contributed by atoms with Gasteiger partial charge in [-0.1, -0.05) is 11.6 Å². The van der Waals surface area contributed by atoms with Crippen LogP contribution in [0.5, 0.6) is 0 Å². The van der Waals surface area contributed by atoms with Crippen LogP contribution in [0.4, 0.5) is 0 Å². The molecule has 0 spiro atoms. The van der Waals surface area contributed by atoms with E-state index in [2.05, 4.69) is 16.7 Å². The van der Waals surface area contributed by atoms with Gasteiger partial charge in [-0.15, -0.1) is 12.4 Å². The molecule has 4 bridgehead atoms. The Labute approximate surface area is 133 Å². The van der Waals surface area contributed by atoms with Crippen molar-refractivity contribution in [1.29, 1.82) is 0 Å². The van der Waals surface area contributed by atoms with Crippen molar-refractivity contribution in [3.05, 3.63) is 11.6 Å². The number of amides is 1. The van der Waals surface area contributed by atoms with Crippen molar-refractivity contribution < 1.29 is 4.79 Å². The van der Waals surface area contributed by atoms with Gasteiger partial charge in [0.15, 0.2) is 0 Å². The van der Waals surface area contributed by atoms with Gasteiger partial charge in [0, 0.05) is 19.0 Å². The fraction of sp³-hybridized carbons (Fsp3) is 0.824. The average molecular weight is 311 g/mol. The zero-order valence-electron chi connectivity index (χ0n) is 12.6. The summed E-state index contributed by atoms with van der Waals surface area (Å²) in [5.41, 5.74) is 1.40. The van der Waals surface area contributed by atoms with Gasteiger partial charge in [-0.05, 0) is 68.7 Å². The Bertz CT molecular complexity index is 407. The van der Waals surface area contributed by atoms with E-state index in [0.29, 0.717) is 23.7 Å². The summed E-state index contributed by atoms with van der Waals surface area (Å²) >= 11 is 0. The van der Waals surface area contributed by atoms with Crippen LogP contribution in [0.15, 0.2) is 11.6 Å². The van der Waals surface area contributed by atoms with Crippen LogP contribution in [0.1, 0.15) is 38.5 Å². The summed E-state index contributed by atoms with van der Waals surface area (Å²) < 4.78 is 0. The topological polar surface area (TPSA) is 41.1 Å². The molecule has 1 heterocycles. The number of rotatable bonds is 3. The maximum absolute atomic E-state index is 12.6. The van der Waals surface area contributed by atoms with Gasteiger partial charge in [0.05, 0.1) is 0 Å². The summed E-state index contributed by atoms with van der Waals surface area (Å²) in [6.07, 6.45) is 10.1. The Morgan fingerprint density at radius 2 is 1.81 bits per heavy atom. The summed E-state index contributed by atoms with van der Waals surface area (Å²) in [7, 11) is 0. The number of halogens is 1. The fourth-order valence-electron chi connectivity index (χ4n) is 5.50. The molecule has 2 N–H and O–H groups in total. The molecule has 4 fully saturated rings. The van der Waals surface area contributed by atoms with Crippen LogP contribution < -0.4 is 10.6 Å². The maximum Gasteiger partial charge on any atom is 0.223 e. The van der Waals surface area contributed by atoms with E-state index in [1.165, 1.54) is 37.7 Å². The largest absolute Gasteiger partial charge is 0.352 e. The highest BCUT2D eigenvalue weighted by molar-refractivity contribution is 5.85. The lowest BCUT2D eigenvalue weighted by molar-refractivity contribution is -0.137. The monoisotopic (exact) mass is 310 g/mol. The average Bonchev–Trinajstić information content (AvgIpc) is 2.45. The molecule has 3 nitrogen and oxygen atoms in total. The number of hydrogen-bond acceptors (Lipinski definition) is 2. The molecular formula is C17H27ClN2O. The van der Waals surface area contributed by atoms with Gasteiger partial charge in [0.25, 0.3) is 0 Å². The molecule has 0 aromatic rings. The van der Waals surface area contributed by atoms with E-state index in [1.807, 2.05) is 0 Å². The Balaban J connectivity index is 0.00000132. The smallest absolute Gasteiger partial charge is 0.223 e. The minimum Gasteiger partial charge on any atom is -0.352 e. The minimum atomic E-state index is 0. The molecular weight excluding hydrogens is 284 g/mol. The van der Waals surface area contributed by atoms with Crippen LogP contribution in [-0.2, 0) is 4.79 Å². The van der Waals surface area contributed by atoms with Crippen LogP contribution in [0.2, 0.25) is 0 Å². The third-order valence-corrected chi connectivity index (χ3v) is 6.18. The molecule has 4 aliphatic carbocycles. The van der Waals surface area contributed by atoms with Gasteiger partial charge < -0.3 is 10.6 Å². The van der Waals surface area contributed by atoms with E-state index >= 15 is 0 Å². The SMILES string of the molecule is Cl.O=C(NCC1=CCNCC1)C1C2CC3CC(C2)CC1C3. The van der Waals surface area contributed by atoms with E-state index in [0.717, 1.165) is 37.9 Å². The lowest BCUT2D eigenvalue weighted by Crippen LogP contribution is -2.51. The molecule has 0 aromatic carbocycles. The normalized spacial score (nSPS) is 40.4. The molecule has 0 unspecified atom stereocenters. The van der Waals surface area contributed by atoms with Crippen LogP contribution >= 0.6 is 12.4 Å². The quantitative estimate of drug-likeness (QED) is 0.787. The highest BCUT2D eigenvalue weighted by Crippen LogP contribution is 2.56. The summed E-state index contributed by atoms with van der Waals surface area (Å²) in [4.78, 5) is 12.6. The second-order valence-electron chi connectivity index (χ2n) is 7.49. The second-order valence-corrected chi connectivity index (χ2v) is 7.49. The molecule has 0 saturated heterocycles. The zero-order valence-corrected chi connectivity index (χ0v) is 13.5. The van der Waals surface area contributed by atoms with Gasteiger partial charge in [0.1, 0.15) is 0 Å². The van der Waals surface area contributed by atoms with Gasteiger partial charge in [-0.3, -0.25) is 4.79 Å². The van der Waals surface area contributed by atoms with Crippen molar-refractivity contribution >= 4 is 18.3 Å². The van der Waals surface area contributed by atoms with Gasteiger partial charge in [-0.2, -0.15) is 0 Å². The molecule has 1 amide bonds. The summed E-state index contributed by atoms with van der Waals surface area (Å²) in [6, 6.07) is 0. The fourth-order valence-corrected chi connectivity index (χ4v) is 5.50. The predicted octanol–water partition coefficient (Wildman–Crippen LogP) is 2.52. The lowest BCUT2D eigenvalue weighted by atomic mass is 9.51. The number of nitrogens with one attached hydrogen (secondary N) is 2. The van der Waals surface area contributed by atoms with Crippen LogP contribution in [0.3, 0.4) is 0 Å². The maximum atomic E-state index is 12.6. The zero-order chi connectivity index (χ0) is 13.5. The van der Waals surface area contributed by atoms with Crippen molar-refractivity contribution in [2.24, 2.45) is 29.6 Å². The number of hydrogen-bond donors (Lipinski definition) is 2. The molecule has 0 aromatic heterocycles. The first kappa shape index (κ1) is 15.4. The van der Waals surface area contributed by atoms with E-state index < -0.39 is 0 Å². The Hall–Kier alpha value is -0.540. The molecule has 4 heteroatoms. The predicted molar refractivity (Wildman–Crippen MR) is 86.4 cm³/mol. The molecule has 5 aliphatic rings. The van der Waals surface area contributed by atoms with Crippen LogP contribution in [0.25, 0.3) is 0 Å². The Morgan fingerprint density at radius 1 is 1.14 bits per heavy atom. The van der Waals surface area contributed by atoms with Gasteiger partial charge in [0.2, 0.25) is 5.91 Å². The molecule has 0 radical (unpaired) electrons. The minimum absolute atomic E-state index is 0. The van der Waals surface area contributed by atoms with E-state index in [9.17, 15) is 4.79 Å². The van der Waals surface area contributed by atoms with Crippen molar-refractivity contribution in [2.75, 3.05) is 19.6 Å². The molecule has 1 aliphatic heterocycles. The second kappa shape index (κ2) is 6.29. The number of carbonyl (C=O) groups is 1. The standard InChI is InChI=1S/C17H26N2O.ClH/c20-17(19-10-11-1-3-18-4-2-11)16-14-6-12-5-13(8-14)9-15(16)7-12;/h1,12-16,18H,2-10H2,(H,19,20);1H. The van der Waals surface area contributed by atoms with E-state index in [1.54, 1.807) is 0 Å². The summed E-state index contributed by atoms with van der Waals surface area (Å²) in [5.74, 6) is 4.01. The molecule has 21 heavy (non-hydrogen) atoms. The molecule has 5 rings (SSSR count). The summed E-state index contributed by atoms with van der Waals surface area (Å²) in [5, 5.41) is 6.56. The van der Waals surface area contributed by atoms with E-state index in [4.69, 9.17) is 0 Å². The highest BCUT2D eigenvalue weighted by Gasteiger charge is 2.50. The molecule has 118 valence electrons. The van der Waals surface area contributed by atoms with Crippen molar-refractivity contribution in [3.63, 3.8) is 0 Å². The van der Waals surface area contributed by atoms with Gasteiger partial charge >= 0.3 is 0 Å². The van der Waals surface area contributed by atoms with Crippen LogP contribution in [0, 0.1) is 29.6 Å². The van der Waals surface area contributed by atoms with Crippen molar-refractivity contribution in [1.82, 2.24) is 10.6 Å². The van der Waals surface area contributed by atoms with Crippen LogP contribution in [-0.4, -0.2) is 25.5 Å². The third kappa shape index (κ3) is 3.00. The summed E-state index contributed by atoms with van der Waals surface area (Å²) in [6.45, 7) is 2.80. The lowest BCUT2D eigenvalue weighted by Gasteiger charge is -2.53. The molecule has 0 atom stereocenters.